The van der Waals surface area contributed by atoms with Gasteiger partial charge in [-0.25, -0.2) is 15.0 Å². The average Bonchev–Trinajstić information content (AvgIpc) is 3.02. The Balaban J connectivity index is 1.78. The highest BCUT2D eigenvalue weighted by molar-refractivity contribution is 7.19. The van der Waals surface area contributed by atoms with E-state index in [4.69, 9.17) is 16.6 Å². The molecule has 3 aromatic heterocycles. The SMILES string of the molecule is Cc1nc(Cc2nc(Cl)c3c4c(sc3n2)CCCC4)cs1. The van der Waals surface area contributed by atoms with Crippen molar-refractivity contribution >= 4 is 44.5 Å². The molecule has 1 aliphatic rings. The van der Waals surface area contributed by atoms with E-state index >= 15 is 0 Å². The van der Waals surface area contributed by atoms with Crippen LogP contribution in [0.2, 0.25) is 5.15 Å². The molecule has 0 fully saturated rings. The highest BCUT2D eigenvalue weighted by Crippen LogP contribution is 2.38. The second-order valence-electron chi connectivity index (χ2n) is 5.36. The number of hydrogen-bond donors (Lipinski definition) is 0. The van der Waals surface area contributed by atoms with Crippen LogP contribution in [-0.2, 0) is 19.3 Å². The van der Waals surface area contributed by atoms with Crippen molar-refractivity contribution in [1.29, 1.82) is 0 Å². The monoisotopic (exact) mass is 335 g/mol. The van der Waals surface area contributed by atoms with Crippen molar-refractivity contribution in [3.8, 4) is 0 Å². The molecule has 0 saturated heterocycles. The summed E-state index contributed by atoms with van der Waals surface area (Å²) in [5, 5.41) is 4.84. The number of rotatable bonds is 2. The van der Waals surface area contributed by atoms with E-state index in [9.17, 15) is 0 Å². The lowest BCUT2D eigenvalue weighted by Crippen LogP contribution is -2.00. The van der Waals surface area contributed by atoms with Gasteiger partial charge in [0.05, 0.1) is 22.5 Å². The Morgan fingerprint density at radius 2 is 2.05 bits per heavy atom. The fourth-order valence-electron chi connectivity index (χ4n) is 2.88. The number of aromatic nitrogens is 3. The maximum atomic E-state index is 6.45. The van der Waals surface area contributed by atoms with Gasteiger partial charge in [-0.15, -0.1) is 22.7 Å². The number of halogens is 1. The summed E-state index contributed by atoms with van der Waals surface area (Å²) in [5.74, 6) is 0.774. The van der Waals surface area contributed by atoms with Gasteiger partial charge in [-0.3, -0.25) is 0 Å². The smallest absolute Gasteiger partial charge is 0.141 e. The third-order valence-electron chi connectivity index (χ3n) is 3.82. The van der Waals surface area contributed by atoms with Crippen molar-refractivity contribution in [1.82, 2.24) is 15.0 Å². The maximum absolute atomic E-state index is 6.45. The molecule has 3 nitrogen and oxygen atoms in total. The van der Waals surface area contributed by atoms with Crippen LogP contribution in [0.5, 0.6) is 0 Å². The summed E-state index contributed by atoms with van der Waals surface area (Å²) in [6.45, 7) is 2.01. The summed E-state index contributed by atoms with van der Waals surface area (Å²) in [7, 11) is 0. The van der Waals surface area contributed by atoms with E-state index in [1.807, 2.05) is 6.92 Å². The first-order valence-electron chi connectivity index (χ1n) is 7.08. The van der Waals surface area contributed by atoms with E-state index in [0.29, 0.717) is 11.6 Å². The zero-order valence-corrected chi connectivity index (χ0v) is 14.0. The molecule has 3 aromatic rings. The summed E-state index contributed by atoms with van der Waals surface area (Å²) in [6, 6.07) is 0. The fourth-order valence-corrected chi connectivity index (χ4v) is 5.13. The molecular formula is C15H14ClN3S2. The molecular weight excluding hydrogens is 322 g/mol. The van der Waals surface area contributed by atoms with Gasteiger partial charge >= 0.3 is 0 Å². The molecule has 0 spiro atoms. The Labute approximate surface area is 136 Å². The topological polar surface area (TPSA) is 38.7 Å². The molecule has 0 saturated carbocycles. The number of thiophene rings is 1. The molecule has 0 aromatic carbocycles. The predicted molar refractivity (Wildman–Crippen MR) is 88.7 cm³/mol. The fraction of sp³-hybridized carbons (Fsp3) is 0.400. The maximum Gasteiger partial charge on any atom is 0.141 e. The van der Waals surface area contributed by atoms with E-state index in [1.165, 1.54) is 23.3 Å². The normalized spacial score (nSPS) is 14.6. The molecule has 0 bridgehead atoms. The van der Waals surface area contributed by atoms with Gasteiger partial charge in [-0.05, 0) is 38.2 Å². The second kappa shape index (κ2) is 5.30. The van der Waals surface area contributed by atoms with Crippen LogP contribution in [-0.4, -0.2) is 15.0 Å². The summed E-state index contributed by atoms with van der Waals surface area (Å²) in [6.07, 6.45) is 5.45. The van der Waals surface area contributed by atoms with Crippen LogP contribution in [0.15, 0.2) is 5.38 Å². The summed E-state index contributed by atoms with van der Waals surface area (Å²) < 4.78 is 0. The lowest BCUT2D eigenvalue weighted by molar-refractivity contribution is 0.700. The summed E-state index contributed by atoms with van der Waals surface area (Å²) in [5.41, 5.74) is 2.41. The minimum Gasteiger partial charge on any atom is -0.246 e. The molecule has 0 radical (unpaired) electrons. The van der Waals surface area contributed by atoms with Gasteiger partial charge < -0.3 is 0 Å². The van der Waals surface area contributed by atoms with E-state index < -0.39 is 0 Å². The third kappa shape index (κ3) is 2.47. The van der Waals surface area contributed by atoms with Gasteiger partial charge in [-0.1, -0.05) is 11.6 Å². The highest BCUT2D eigenvalue weighted by atomic mass is 35.5. The molecule has 6 heteroatoms. The number of hydrogen-bond acceptors (Lipinski definition) is 5. The zero-order chi connectivity index (χ0) is 14.4. The van der Waals surface area contributed by atoms with Crippen molar-refractivity contribution in [2.75, 3.05) is 0 Å². The molecule has 3 heterocycles. The first kappa shape index (κ1) is 13.6. The van der Waals surface area contributed by atoms with Crippen LogP contribution in [0.4, 0.5) is 0 Å². The summed E-state index contributed by atoms with van der Waals surface area (Å²) >= 11 is 9.90. The van der Waals surface area contributed by atoms with Crippen LogP contribution in [0.3, 0.4) is 0 Å². The van der Waals surface area contributed by atoms with Crippen LogP contribution >= 0.6 is 34.3 Å². The summed E-state index contributed by atoms with van der Waals surface area (Å²) in [4.78, 5) is 16.2. The molecule has 0 atom stereocenters. The Hall–Kier alpha value is -1.04. The predicted octanol–water partition coefficient (Wildman–Crippen LogP) is 4.58. The van der Waals surface area contributed by atoms with Gasteiger partial charge in [0, 0.05) is 10.3 Å². The van der Waals surface area contributed by atoms with Crippen molar-refractivity contribution in [2.24, 2.45) is 0 Å². The van der Waals surface area contributed by atoms with Gasteiger partial charge in [0.15, 0.2) is 0 Å². The molecule has 21 heavy (non-hydrogen) atoms. The van der Waals surface area contributed by atoms with Crippen LogP contribution in [0.1, 0.15) is 39.8 Å². The van der Waals surface area contributed by atoms with E-state index in [-0.39, 0.29) is 0 Å². The molecule has 0 amide bonds. The first-order chi connectivity index (χ1) is 10.2. The first-order valence-corrected chi connectivity index (χ1v) is 9.16. The Bertz CT molecular complexity index is 822. The average molecular weight is 336 g/mol. The van der Waals surface area contributed by atoms with Crippen LogP contribution in [0.25, 0.3) is 10.2 Å². The lowest BCUT2D eigenvalue weighted by Gasteiger charge is -2.10. The molecule has 0 N–H and O–H groups in total. The van der Waals surface area contributed by atoms with E-state index in [1.54, 1.807) is 22.7 Å². The van der Waals surface area contributed by atoms with Gasteiger partial charge in [0.1, 0.15) is 15.8 Å². The molecule has 4 rings (SSSR count). The Morgan fingerprint density at radius 3 is 2.86 bits per heavy atom. The van der Waals surface area contributed by atoms with Gasteiger partial charge in [-0.2, -0.15) is 0 Å². The van der Waals surface area contributed by atoms with Gasteiger partial charge in [0.25, 0.3) is 0 Å². The van der Waals surface area contributed by atoms with E-state index in [0.717, 1.165) is 39.6 Å². The Morgan fingerprint density at radius 1 is 1.19 bits per heavy atom. The minimum atomic E-state index is 0.612. The lowest BCUT2D eigenvalue weighted by atomic mass is 9.97. The highest BCUT2D eigenvalue weighted by Gasteiger charge is 2.20. The van der Waals surface area contributed by atoms with Crippen LogP contribution < -0.4 is 0 Å². The standard InChI is InChI=1S/C15H14ClN3S2/c1-8-17-9(7-20-8)6-12-18-14(16)13-10-4-2-3-5-11(10)21-15(13)19-12/h7H,2-6H2,1H3. The van der Waals surface area contributed by atoms with Crippen molar-refractivity contribution < 1.29 is 0 Å². The molecule has 0 unspecified atom stereocenters. The minimum absolute atomic E-state index is 0.612. The zero-order valence-electron chi connectivity index (χ0n) is 11.6. The number of thiazole rings is 1. The van der Waals surface area contributed by atoms with E-state index in [2.05, 4.69) is 15.3 Å². The Kier molecular flexibility index (Phi) is 3.44. The number of nitrogens with zero attached hydrogens (tertiary/aromatic N) is 3. The molecule has 0 aliphatic heterocycles. The number of fused-ring (bicyclic) bond motifs is 3. The molecule has 108 valence electrons. The largest absolute Gasteiger partial charge is 0.246 e. The molecule has 1 aliphatic carbocycles. The number of aryl methyl sites for hydroxylation is 3. The quantitative estimate of drug-likeness (QED) is 0.643. The van der Waals surface area contributed by atoms with Crippen LogP contribution in [0, 0.1) is 6.92 Å². The second-order valence-corrected chi connectivity index (χ2v) is 7.86. The van der Waals surface area contributed by atoms with Crippen molar-refractivity contribution in [2.45, 2.75) is 39.0 Å². The van der Waals surface area contributed by atoms with Crippen molar-refractivity contribution in [3.05, 3.63) is 37.5 Å². The third-order valence-corrected chi connectivity index (χ3v) is 6.10. The van der Waals surface area contributed by atoms with Crippen molar-refractivity contribution in [3.63, 3.8) is 0 Å². The van der Waals surface area contributed by atoms with Gasteiger partial charge in [0.2, 0.25) is 0 Å².